The van der Waals surface area contributed by atoms with Crippen molar-refractivity contribution in [2.75, 3.05) is 54.4 Å². The Morgan fingerprint density at radius 1 is 0.857 bits per heavy atom. The van der Waals surface area contributed by atoms with Gasteiger partial charge in [0.15, 0.2) is 0 Å². The Labute approximate surface area is 251 Å². The first kappa shape index (κ1) is 29.6. The highest BCUT2D eigenvalue weighted by atomic mass is 16.2. The van der Waals surface area contributed by atoms with Crippen molar-refractivity contribution in [2.45, 2.75) is 58.5 Å². The van der Waals surface area contributed by atoms with Crippen molar-refractivity contribution < 1.29 is 9.59 Å². The molecule has 0 bridgehead atoms. The van der Waals surface area contributed by atoms with E-state index in [4.69, 9.17) is 0 Å². The highest BCUT2D eigenvalue weighted by Gasteiger charge is 2.29. The highest BCUT2D eigenvalue weighted by Crippen LogP contribution is 2.30. The van der Waals surface area contributed by atoms with Crippen molar-refractivity contribution in [3.63, 3.8) is 0 Å². The van der Waals surface area contributed by atoms with Gasteiger partial charge in [-0.1, -0.05) is 69.3 Å². The molecule has 3 aromatic carbocycles. The summed E-state index contributed by atoms with van der Waals surface area (Å²) in [5.74, 6) is 0.617. The van der Waals surface area contributed by atoms with Crippen LogP contribution in [0.5, 0.6) is 0 Å². The van der Waals surface area contributed by atoms with Gasteiger partial charge in [-0.2, -0.15) is 0 Å². The smallest absolute Gasteiger partial charge is 0.321 e. The minimum atomic E-state index is -0.0232. The quantitative estimate of drug-likeness (QED) is 0.334. The van der Waals surface area contributed by atoms with Crippen LogP contribution in [0, 0.1) is 0 Å². The number of carbonyl (C=O) groups is 2. The average Bonchev–Trinajstić information content (AvgIpc) is 3.03. The molecule has 2 aliphatic rings. The Bertz CT molecular complexity index is 1330. The van der Waals surface area contributed by atoms with Gasteiger partial charge in [-0.05, 0) is 60.2 Å². The third-order valence-electron chi connectivity index (χ3n) is 8.63. The van der Waals surface area contributed by atoms with Crippen molar-refractivity contribution in [2.24, 2.45) is 0 Å². The van der Waals surface area contributed by atoms with Gasteiger partial charge in [0.05, 0.1) is 0 Å². The van der Waals surface area contributed by atoms with Crippen LogP contribution in [-0.2, 0) is 11.3 Å². The van der Waals surface area contributed by atoms with Crippen LogP contribution in [0.3, 0.4) is 0 Å². The maximum atomic E-state index is 13.0. The zero-order valence-corrected chi connectivity index (χ0v) is 25.3. The third-order valence-corrected chi connectivity index (χ3v) is 8.63. The van der Waals surface area contributed by atoms with E-state index in [-0.39, 0.29) is 18.0 Å². The van der Waals surface area contributed by atoms with Crippen LogP contribution in [0.25, 0.3) is 0 Å². The second kappa shape index (κ2) is 13.9. The van der Waals surface area contributed by atoms with Crippen molar-refractivity contribution in [3.05, 3.63) is 90.0 Å². The second-order valence-corrected chi connectivity index (χ2v) is 11.8. The number of benzene rings is 3. The Kier molecular flexibility index (Phi) is 9.80. The van der Waals surface area contributed by atoms with E-state index in [1.165, 1.54) is 16.8 Å². The fraction of sp³-hybridized carbons (Fsp3) is 0.429. The number of piperidine rings is 1. The fourth-order valence-electron chi connectivity index (χ4n) is 6.16. The number of amides is 3. The minimum Gasteiger partial charge on any atom is -0.371 e. The monoisotopic (exact) mass is 567 g/mol. The molecule has 0 aliphatic carbocycles. The summed E-state index contributed by atoms with van der Waals surface area (Å²) in [5.41, 5.74) is 5.69. The van der Waals surface area contributed by atoms with Crippen molar-refractivity contribution in [1.29, 1.82) is 0 Å². The summed E-state index contributed by atoms with van der Waals surface area (Å²) in [4.78, 5) is 34.8. The first-order valence-corrected chi connectivity index (χ1v) is 15.5. The van der Waals surface area contributed by atoms with Gasteiger partial charge in [0, 0.05) is 75.3 Å². The number of hydrogen-bond donors (Lipinski definition) is 1. The lowest BCUT2D eigenvalue weighted by Gasteiger charge is -2.40. The van der Waals surface area contributed by atoms with Crippen LogP contribution in [0.1, 0.15) is 57.1 Å². The van der Waals surface area contributed by atoms with Gasteiger partial charge < -0.3 is 20.0 Å². The van der Waals surface area contributed by atoms with Crippen molar-refractivity contribution in [1.82, 2.24) is 9.80 Å². The zero-order valence-electron chi connectivity index (χ0n) is 25.3. The van der Waals surface area contributed by atoms with E-state index in [0.717, 1.165) is 56.9 Å². The largest absolute Gasteiger partial charge is 0.371 e. The summed E-state index contributed by atoms with van der Waals surface area (Å²) < 4.78 is 0. The molecule has 7 heteroatoms. The highest BCUT2D eigenvalue weighted by molar-refractivity contribution is 5.93. The SMILES string of the molecule is CCC(=O)N(c1ccccc1)C1CCN(c2ccccc2CN2CCN(C(=O)Nc3cccc(C(C)C)c3)CC2)CC1. The number of carbonyl (C=O) groups excluding carboxylic acids is 2. The number of hydrogen-bond acceptors (Lipinski definition) is 4. The number of para-hydroxylation sites is 2. The molecule has 5 rings (SSSR count). The predicted molar refractivity (Wildman–Crippen MR) is 172 cm³/mol. The van der Waals surface area contributed by atoms with Gasteiger partial charge in [-0.25, -0.2) is 4.79 Å². The molecular formula is C35H45N5O2. The summed E-state index contributed by atoms with van der Waals surface area (Å²) in [5, 5.41) is 3.09. The molecule has 1 N–H and O–H groups in total. The molecular weight excluding hydrogens is 522 g/mol. The summed E-state index contributed by atoms with van der Waals surface area (Å²) in [6.07, 6.45) is 2.41. The van der Waals surface area contributed by atoms with E-state index in [9.17, 15) is 9.59 Å². The Morgan fingerprint density at radius 3 is 2.24 bits per heavy atom. The number of nitrogens with one attached hydrogen (secondary N) is 1. The topological polar surface area (TPSA) is 59.1 Å². The fourth-order valence-corrected chi connectivity index (χ4v) is 6.16. The summed E-state index contributed by atoms with van der Waals surface area (Å²) in [6.45, 7) is 12.1. The molecule has 0 unspecified atom stereocenters. The van der Waals surface area contributed by atoms with Crippen LogP contribution in [0.4, 0.5) is 21.9 Å². The maximum Gasteiger partial charge on any atom is 0.321 e. The van der Waals surface area contributed by atoms with E-state index >= 15 is 0 Å². The maximum absolute atomic E-state index is 13.0. The Balaban J connectivity index is 1.16. The first-order valence-electron chi connectivity index (χ1n) is 15.5. The molecule has 2 saturated heterocycles. The van der Waals surface area contributed by atoms with E-state index in [1.807, 2.05) is 59.2 Å². The van der Waals surface area contributed by atoms with Crippen molar-refractivity contribution in [3.8, 4) is 0 Å². The average molecular weight is 568 g/mol. The molecule has 7 nitrogen and oxygen atoms in total. The van der Waals surface area contributed by atoms with Crippen LogP contribution in [0.15, 0.2) is 78.9 Å². The Hall–Kier alpha value is -3.84. The van der Waals surface area contributed by atoms with Crippen LogP contribution >= 0.6 is 0 Å². The molecule has 0 saturated carbocycles. The second-order valence-electron chi connectivity index (χ2n) is 11.8. The van der Waals surface area contributed by atoms with Crippen LogP contribution < -0.4 is 15.1 Å². The lowest BCUT2D eigenvalue weighted by atomic mass is 10.00. The normalized spacial score (nSPS) is 16.5. The number of piperazine rings is 1. The summed E-state index contributed by atoms with van der Waals surface area (Å²) in [7, 11) is 0. The van der Waals surface area contributed by atoms with E-state index < -0.39 is 0 Å². The molecule has 2 heterocycles. The molecule has 0 aromatic heterocycles. The first-order chi connectivity index (χ1) is 20.4. The molecule has 222 valence electrons. The number of rotatable bonds is 8. The predicted octanol–water partition coefficient (Wildman–Crippen LogP) is 6.57. The van der Waals surface area contributed by atoms with Gasteiger partial charge in [0.1, 0.15) is 0 Å². The van der Waals surface area contributed by atoms with Gasteiger partial charge in [0.25, 0.3) is 0 Å². The van der Waals surface area contributed by atoms with Gasteiger partial charge in [-0.3, -0.25) is 9.69 Å². The molecule has 2 aliphatic heterocycles. The van der Waals surface area contributed by atoms with Gasteiger partial charge in [0.2, 0.25) is 5.91 Å². The standard InChI is InChI=1S/C35H45N5O2/c1-4-34(41)40(31-14-6-5-7-15-31)32-17-19-38(20-18-32)33-16-9-8-11-29(33)26-37-21-23-39(24-22-37)35(42)36-30-13-10-12-28(25-30)27(2)3/h5-16,25,27,32H,4,17-24,26H2,1-3H3,(H,36,42). The number of urea groups is 1. The van der Waals surface area contributed by atoms with E-state index in [2.05, 4.69) is 65.4 Å². The zero-order chi connectivity index (χ0) is 29.5. The van der Waals surface area contributed by atoms with Gasteiger partial charge in [-0.15, -0.1) is 0 Å². The summed E-state index contributed by atoms with van der Waals surface area (Å²) >= 11 is 0. The van der Waals surface area contributed by atoms with Crippen LogP contribution in [-0.4, -0.2) is 67.0 Å². The number of anilines is 3. The Morgan fingerprint density at radius 2 is 1.55 bits per heavy atom. The summed E-state index contributed by atoms with van der Waals surface area (Å²) in [6, 6.07) is 27.2. The number of nitrogens with zero attached hydrogens (tertiary/aromatic N) is 4. The van der Waals surface area contributed by atoms with Crippen LogP contribution in [0.2, 0.25) is 0 Å². The van der Waals surface area contributed by atoms with Crippen molar-refractivity contribution >= 4 is 29.0 Å². The lowest BCUT2D eigenvalue weighted by molar-refractivity contribution is -0.118. The van der Waals surface area contributed by atoms with E-state index in [0.29, 0.717) is 25.4 Å². The molecule has 3 amide bonds. The minimum absolute atomic E-state index is 0.0232. The molecule has 42 heavy (non-hydrogen) atoms. The molecule has 0 spiro atoms. The molecule has 2 fully saturated rings. The lowest BCUT2D eigenvalue weighted by Crippen LogP contribution is -2.50. The third kappa shape index (κ3) is 7.13. The molecule has 3 aromatic rings. The van der Waals surface area contributed by atoms with E-state index in [1.54, 1.807) is 0 Å². The molecule has 0 radical (unpaired) electrons. The van der Waals surface area contributed by atoms with Gasteiger partial charge >= 0.3 is 6.03 Å². The molecule has 0 atom stereocenters.